The summed E-state index contributed by atoms with van der Waals surface area (Å²) in [6.07, 6.45) is 71.0. The Morgan fingerprint density at radius 1 is 0.274 bits per heavy atom. The zero-order valence-electron chi connectivity index (χ0n) is 69.7. The van der Waals surface area contributed by atoms with Crippen LogP contribution in [0.5, 0.6) is 0 Å². The Labute approximate surface area is 651 Å². The predicted octanol–water partition coefficient (Wildman–Crippen LogP) is 26.6. The molecule has 0 heterocycles. The molecule has 0 aliphatic rings. The summed E-state index contributed by atoms with van der Waals surface area (Å²) in [7, 11) is -9.93. The van der Waals surface area contributed by atoms with Gasteiger partial charge in [-0.25, -0.2) is 9.13 Å². The van der Waals surface area contributed by atoms with Crippen molar-refractivity contribution in [3.63, 3.8) is 0 Å². The molecule has 0 aliphatic heterocycles. The van der Waals surface area contributed by atoms with Crippen LogP contribution in [-0.4, -0.2) is 96.7 Å². The summed E-state index contributed by atoms with van der Waals surface area (Å²) in [5.74, 6) is -0.591. The number of phosphoric ester groups is 2. The average Bonchev–Trinajstić information content (AvgIpc) is 0.902. The fourth-order valence-electron chi connectivity index (χ4n) is 13.6. The second-order valence-electron chi connectivity index (χ2n) is 32.0. The molecule has 106 heavy (non-hydrogen) atoms. The second-order valence-corrected chi connectivity index (χ2v) is 34.9. The van der Waals surface area contributed by atoms with E-state index in [4.69, 9.17) is 37.0 Å². The summed E-state index contributed by atoms with van der Waals surface area (Å²) in [4.78, 5) is 73.2. The minimum Gasteiger partial charge on any atom is -0.462 e. The van der Waals surface area contributed by atoms with E-state index < -0.39 is 97.5 Å². The number of hydrogen-bond acceptors (Lipinski definition) is 15. The fourth-order valence-corrected chi connectivity index (χ4v) is 15.1. The fraction of sp³-hybridized carbons (Fsp3) is 0.954. The van der Waals surface area contributed by atoms with E-state index in [-0.39, 0.29) is 25.7 Å². The van der Waals surface area contributed by atoms with Gasteiger partial charge in [-0.1, -0.05) is 414 Å². The summed E-state index contributed by atoms with van der Waals surface area (Å²) in [6.45, 7) is 9.64. The van der Waals surface area contributed by atoms with Gasteiger partial charge in [-0.05, 0) is 37.5 Å². The summed E-state index contributed by atoms with van der Waals surface area (Å²) < 4.78 is 68.9. The topological polar surface area (TPSA) is 237 Å². The SMILES string of the molecule is CCCCCCCCCCCCCCCCCCCCCCCCC(=O)O[C@H](COC(=O)CCCCCCCCCCCCCCCCCCCCCC)COP(=O)(O)OC[C@@H](O)COP(=O)(O)OC[C@@H](COC(=O)CCCCCCCCCCC(C)CC)OC(=O)CCCCCCCCCCCC(C)C. The first-order chi connectivity index (χ1) is 51.4. The van der Waals surface area contributed by atoms with Crippen molar-refractivity contribution in [2.24, 2.45) is 11.8 Å². The van der Waals surface area contributed by atoms with Crippen LogP contribution < -0.4 is 0 Å². The number of carbonyl (C=O) groups excluding carboxylic acids is 4. The van der Waals surface area contributed by atoms with Gasteiger partial charge in [-0.2, -0.15) is 0 Å². The highest BCUT2D eigenvalue weighted by Gasteiger charge is 2.30. The Bertz CT molecular complexity index is 2030. The molecule has 0 bridgehead atoms. The van der Waals surface area contributed by atoms with Crippen LogP contribution in [0.3, 0.4) is 0 Å². The van der Waals surface area contributed by atoms with E-state index in [1.807, 2.05) is 0 Å². The molecule has 17 nitrogen and oxygen atoms in total. The molecular formula is C87H170O17P2. The second kappa shape index (κ2) is 78.3. The van der Waals surface area contributed by atoms with Gasteiger partial charge < -0.3 is 33.8 Å². The zero-order valence-corrected chi connectivity index (χ0v) is 71.5. The molecule has 0 aromatic heterocycles. The Morgan fingerprint density at radius 3 is 0.717 bits per heavy atom. The van der Waals surface area contributed by atoms with Crippen LogP contribution in [0.2, 0.25) is 0 Å². The van der Waals surface area contributed by atoms with Crippen LogP contribution in [0.25, 0.3) is 0 Å². The molecular weight excluding hydrogens is 1380 g/mol. The maximum absolute atomic E-state index is 13.2. The summed E-state index contributed by atoms with van der Waals surface area (Å²) in [5, 5.41) is 10.7. The maximum atomic E-state index is 13.2. The lowest BCUT2D eigenvalue weighted by molar-refractivity contribution is -0.161. The van der Waals surface area contributed by atoms with E-state index in [9.17, 15) is 43.2 Å². The Balaban J connectivity index is 5.22. The smallest absolute Gasteiger partial charge is 0.462 e. The number of aliphatic hydroxyl groups excluding tert-OH is 1. The van der Waals surface area contributed by atoms with Crippen LogP contribution in [0, 0.1) is 11.8 Å². The number of rotatable bonds is 86. The molecule has 0 fully saturated rings. The highest BCUT2D eigenvalue weighted by Crippen LogP contribution is 2.45. The number of aliphatic hydroxyl groups is 1. The number of ether oxygens (including phenoxy) is 4. The lowest BCUT2D eigenvalue weighted by Crippen LogP contribution is -2.30. The molecule has 0 amide bonds. The Hall–Kier alpha value is -1.94. The first-order valence-electron chi connectivity index (χ1n) is 45.0. The summed E-state index contributed by atoms with van der Waals surface area (Å²) >= 11 is 0. The van der Waals surface area contributed by atoms with Crippen LogP contribution in [0.1, 0.15) is 465 Å². The molecule has 0 rings (SSSR count). The third-order valence-electron chi connectivity index (χ3n) is 20.8. The van der Waals surface area contributed by atoms with E-state index in [2.05, 4.69) is 41.5 Å². The summed E-state index contributed by atoms with van der Waals surface area (Å²) in [5.41, 5.74) is 0. The number of hydrogen-bond donors (Lipinski definition) is 3. The molecule has 0 aliphatic carbocycles. The lowest BCUT2D eigenvalue weighted by atomic mass is 9.99. The van der Waals surface area contributed by atoms with Gasteiger partial charge in [0, 0.05) is 25.7 Å². The van der Waals surface area contributed by atoms with Crippen molar-refractivity contribution in [2.75, 3.05) is 39.6 Å². The van der Waals surface area contributed by atoms with E-state index in [0.29, 0.717) is 25.7 Å². The molecule has 0 saturated heterocycles. The minimum atomic E-state index is -4.97. The van der Waals surface area contributed by atoms with Crippen molar-refractivity contribution in [3.05, 3.63) is 0 Å². The summed E-state index contributed by atoms with van der Waals surface area (Å²) in [6, 6.07) is 0. The Morgan fingerprint density at radius 2 is 0.481 bits per heavy atom. The van der Waals surface area contributed by atoms with Crippen molar-refractivity contribution >= 4 is 39.5 Å². The molecule has 6 atom stereocenters. The largest absolute Gasteiger partial charge is 0.472 e. The zero-order chi connectivity index (χ0) is 77.8. The van der Waals surface area contributed by atoms with Crippen LogP contribution in [-0.2, 0) is 65.4 Å². The predicted molar refractivity (Wildman–Crippen MR) is 437 cm³/mol. The van der Waals surface area contributed by atoms with E-state index in [0.717, 1.165) is 102 Å². The van der Waals surface area contributed by atoms with Gasteiger partial charge in [-0.15, -0.1) is 0 Å². The van der Waals surface area contributed by atoms with Gasteiger partial charge in [0.05, 0.1) is 26.4 Å². The molecule has 0 spiro atoms. The molecule has 630 valence electrons. The minimum absolute atomic E-state index is 0.105. The van der Waals surface area contributed by atoms with Gasteiger partial charge in [0.2, 0.25) is 0 Å². The maximum Gasteiger partial charge on any atom is 0.472 e. The van der Waals surface area contributed by atoms with E-state index in [1.165, 1.54) is 283 Å². The average molecular weight is 1550 g/mol. The van der Waals surface area contributed by atoms with Gasteiger partial charge in [-0.3, -0.25) is 37.3 Å². The molecule has 19 heteroatoms. The third-order valence-corrected chi connectivity index (χ3v) is 22.7. The monoisotopic (exact) mass is 1550 g/mol. The van der Waals surface area contributed by atoms with Crippen LogP contribution in [0.4, 0.5) is 0 Å². The highest BCUT2D eigenvalue weighted by atomic mass is 31.2. The molecule has 3 N–H and O–H groups in total. The van der Waals surface area contributed by atoms with Crippen LogP contribution >= 0.6 is 15.6 Å². The highest BCUT2D eigenvalue weighted by molar-refractivity contribution is 7.47. The van der Waals surface area contributed by atoms with Gasteiger partial charge >= 0.3 is 39.5 Å². The molecule has 0 aromatic rings. The van der Waals surface area contributed by atoms with E-state index in [1.54, 1.807) is 0 Å². The quantitative estimate of drug-likeness (QED) is 0.0222. The van der Waals surface area contributed by atoms with E-state index >= 15 is 0 Å². The standard InChI is InChI=1S/C87H170O17P2/c1-7-10-12-14-16-18-20-22-24-26-28-30-31-33-35-37-39-41-45-53-59-65-71-86(91)103-82(75-97-84(89)69-63-57-51-44-40-38-36-34-32-29-27-25-23-21-19-17-15-13-11-8-2)77-101-105(93,94)99-73-81(88)74-100-106(95,96)102-78-83(104-87(92)72-66-60-54-46-42-43-49-55-61-67-79(4)5)76-98-85(90)70-64-58-52-48-47-50-56-62-68-80(6)9-3/h79-83,88H,7-78H2,1-6H3,(H,93,94)(H,95,96)/t80?,81-,82-,83-/m1/s1. The molecule has 0 saturated carbocycles. The van der Waals surface area contributed by atoms with Crippen molar-refractivity contribution in [1.29, 1.82) is 0 Å². The number of phosphoric acid groups is 2. The molecule has 0 aromatic carbocycles. The first kappa shape index (κ1) is 104. The number of unbranched alkanes of at least 4 members (excludes halogenated alkanes) is 55. The number of carbonyl (C=O) groups is 4. The van der Waals surface area contributed by atoms with Crippen LogP contribution in [0.15, 0.2) is 0 Å². The van der Waals surface area contributed by atoms with Crippen molar-refractivity contribution in [1.82, 2.24) is 0 Å². The molecule has 3 unspecified atom stereocenters. The first-order valence-corrected chi connectivity index (χ1v) is 48.0. The van der Waals surface area contributed by atoms with Gasteiger partial charge in [0.15, 0.2) is 12.2 Å². The van der Waals surface area contributed by atoms with Crippen molar-refractivity contribution in [3.8, 4) is 0 Å². The third kappa shape index (κ3) is 78.7. The van der Waals surface area contributed by atoms with Gasteiger partial charge in [0.25, 0.3) is 0 Å². The number of esters is 4. The van der Waals surface area contributed by atoms with Gasteiger partial charge in [0.1, 0.15) is 19.3 Å². The van der Waals surface area contributed by atoms with Crippen molar-refractivity contribution < 1.29 is 80.2 Å². The lowest BCUT2D eigenvalue weighted by Gasteiger charge is -2.21. The Kier molecular flexibility index (Phi) is 76.9. The van der Waals surface area contributed by atoms with Crippen molar-refractivity contribution in [2.45, 2.75) is 484 Å². The molecule has 0 radical (unpaired) electrons. The normalized spacial score (nSPS) is 14.1.